The average molecular weight is 321 g/mol. The van der Waals surface area contributed by atoms with Crippen molar-refractivity contribution >= 4 is 19.2 Å². The van der Waals surface area contributed by atoms with Crippen molar-refractivity contribution in [1.29, 1.82) is 0 Å². The van der Waals surface area contributed by atoms with Gasteiger partial charge in [0.25, 0.3) is 0 Å². The monoisotopic (exact) mass is 322 g/mol. The van der Waals surface area contributed by atoms with Crippen LogP contribution in [0.1, 0.15) is 53.4 Å². The molecule has 3 heteroatoms. The van der Waals surface area contributed by atoms with Crippen LogP contribution in [0.2, 0.25) is 8.87 Å². The summed E-state index contributed by atoms with van der Waals surface area (Å²) in [5.41, 5.74) is 0. The van der Waals surface area contributed by atoms with Crippen LogP contribution in [0.5, 0.6) is 0 Å². The molecule has 0 aromatic heterocycles. The summed E-state index contributed by atoms with van der Waals surface area (Å²) in [6.07, 6.45) is 5.79. The Morgan fingerprint density at radius 2 is 1.27 bits per heavy atom. The van der Waals surface area contributed by atoms with Crippen molar-refractivity contribution in [2.45, 2.75) is 74.5 Å². The molecule has 0 aromatic rings. The molecule has 1 aliphatic heterocycles. The van der Waals surface area contributed by atoms with Gasteiger partial charge in [-0.05, 0) is 0 Å². The molecule has 0 amide bonds. The van der Waals surface area contributed by atoms with Crippen LogP contribution in [-0.4, -0.2) is 31.4 Å². The first-order valence-electron chi connectivity index (χ1n) is 6.49. The first-order valence-corrected chi connectivity index (χ1v) is 12.9. The molecule has 90 valence electrons. The molecular weight excluding hydrogens is 295 g/mol. The molecule has 0 spiro atoms. The van der Waals surface area contributed by atoms with Gasteiger partial charge >= 0.3 is 99.8 Å². The summed E-state index contributed by atoms with van der Waals surface area (Å²) in [5, 5.41) is 0. The van der Waals surface area contributed by atoms with Crippen LogP contribution in [0.15, 0.2) is 0 Å². The minimum atomic E-state index is -2.59. The van der Waals surface area contributed by atoms with E-state index in [0.717, 1.165) is 0 Å². The number of rotatable bonds is 6. The van der Waals surface area contributed by atoms with Gasteiger partial charge in [-0.15, -0.1) is 0 Å². The van der Waals surface area contributed by atoms with E-state index < -0.39 is 19.2 Å². The van der Waals surface area contributed by atoms with E-state index in [4.69, 9.17) is 6.15 Å². The summed E-state index contributed by atoms with van der Waals surface area (Å²) in [4.78, 5) is 0. The zero-order valence-electron chi connectivity index (χ0n) is 10.7. The molecule has 1 heterocycles. The number of hydrogen-bond acceptors (Lipinski definition) is 2. The molecule has 15 heavy (non-hydrogen) atoms. The fourth-order valence-electron chi connectivity index (χ4n) is 2.15. The first-order chi connectivity index (χ1) is 7.13. The van der Waals surface area contributed by atoms with Crippen LogP contribution in [0.25, 0.3) is 0 Å². The third-order valence-corrected chi connectivity index (χ3v) is 14.2. The predicted molar refractivity (Wildman–Crippen MR) is 66.3 cm³/mol. The Morgan fingerprint density at radius 1 is 0.867 bits per heavy atom. The zero-order chi connectivity index (χ0) is 11.3. The normalized spacial score (nSPS) is 29.6. The van der Waals surface area contributed by atoms with Crippen molar-refractivity contribution in [3.63, 3.8) is 0 Å². The van der Waals surface area contributed by atoms with Gasteiger partial charge in [0, 0.05) is 0 Å². The fraction of sp³-hybridized carbons (Fsp3) is 1.00. The third kappa shape index (κ3) is 3.90. The Balaban J connectivity index is 2.53. The van der Waals surface area contributed by atoms with E-state index in [9.17, 15) is 0 Å². The topological polar surface area (TPSA) is 18.5 Å². The third-order valence-electron chi connectivity index (χ3n) is 3.28. The van der Waals surface area contributed by atoms with Gasteiger partial charge in [-0.3, -0.25) is 0 Å². The van der Waals surface area contributed by atoms with Gasteiger partial charge in [-0.25, -0.2) is 0 Å². The second kappa shape index (κ2) is 6.45. The van der Waals surface area contributed by atoms with Crippen LogP contribution in [0.3, 0.4) is 0 Å². The zero-order valence-corrected chi connectivity index (χ0v) is 13.6. The Bertz CT molecular complexity index is 164. The summed E-state index contributed by atoms with van der Waals surface area (Å²) in [6.45, 7) is 8.84. The van der Waals surface area contributed by atoms with Crippen molar-refractivity contribution in [3.8, 4) is 0 Å². The van der Waals surface area contributed by atoms with Gasteiger partial charge in [0.15, 0.2) is 0 Å². The quantitative estimate of drug-likeness (QED) is 0.692. The second-order valence-corrected chi connectivity index (χ2v) is 14.2. The van der Waals surface area contributed by atoms with E-state index in [0.29, 0.717) is 12.2 Å². The van der Waals surface area contributed by atoms with Gasteiger partial charge in [0.05, 0.1) is 0 Å². The van der Waals surface area contributed by atoms with E-state index in [1.165, 1.54) is 34.6 Å². The SMILES string of the molecule is CCC[CH2][Sn]1([CH2]CCC)[O][C@@H](C)[C@H](C)[O]1. The molecule has 0 saturated carbocycles. The van der Waals surface area contributed by atoms with Crippen molar-refractivity contribution in [1.82, 2.24) is 0 Å². The molecule has 1 saturated heterocycles. The molecule has 0 radical (unpaired) electrons. The van der Waals surface area contributed by atoms with Crippen molar-refractivity contribution < 1.29 is 6.15 Å². The minimum absolute atomic E-state index is 0.342. The number of hydrogen-bond donors (Lipinski definition) is 0. The van der Waals surface area contributed by atoms with Gasteiger partial charge in [-0.1, -0.05) is 0 Å². The maximum absolute atomic E-state index is 6.25. The Morgan fingerprint density at radius 3 is 1.60 bits per heavy atom. The summed E-state index contributed by atoms with van der Waals surface area (Å²) in [7, 11) is 0. The standard InChI is InChI=1S/C4H8O2.2C4H9.Sn/c1-3(5)4(2)6;2*1-3-4-2;/h3-4H,1-2H3;2*1,3-4H2,2H3;/q-2;;;+2/t3-,4-;;;/m0.../s1. The van der Waals surface area contributed by atoms with E-state index in [1.54, 1.807) is 0 Å². The molecule has 2 nitrogen and oxygen atoms in total. The van der Waals surface area contributed by atoms with Gasteiger partial charge in [0.2, 0.25) is 0 Å². The molecule has 0 N–H and O–H groups in total. The van der Waals surface area contributed by atoms with Crippen LogP contribution < -0.4 is 0 Å². The maximum atomic E-state index is 6.25. The van der Waals surface area contributed by atoms with Crippen molar-refractivity contribution in [2.24, 2.45) is 0 Å². The summed E-state index contributed by atoms with van der Waals surface area (Å²) >= 11 is -2.59. The summed E-state index contributed by atoms with van der Waals surface area (Å²) in [6, 6.07) is 0. The Kier molecular flexibility index (Phi) is 5.93. The van der Waals surface area contributed by atoms with Crippen LogP contribution in [0.4, 0.5) is 0 Å². The van der Waals surface area contributed by atoms with E-state index in [2.05, 4.69) is 27.7 Å². The van der Waals surface area contributed by atoms with Crippen LogP contribution in [0, 0.1) is 0 Å². The molecule has 0 aliphatic carbocycles. The summed E-state index contributed by atoms with van der Waals surface area (Å²) in [5.74, 6) is 0. The molecule has 2 atom stereocenters. The van der Waals surface area contributed by atoms with E-state index >= 15 is 0 Å². The van der Waals surface area contributed by atoms with Crippen LogP contribution >= 0.6 is 0 Å². The second-order valence-electron chi connectivity index (χ2n) is 4.76. The molecular formula is C12H26O2Sn. The van der Waals surface area contributed by atoms with Gasteiger partial charge in [-0.2, -0.15) is 0 Å². The fourth-order valence-corrected chi connectivity index (χ4v) is 14.4. The van der Waals surface area contributed by atoms with E-state index in [-0.39, 0.29) is 0 Å². The average Bonchev–Trinajstić information content (AvgIpc) is 2.50. The Hall–Kier alpha value is 0.719. The van der Waals surface area contributed by atoms with Gasteiger partial charge < -0.3 is 0 Å². The first kappa shape index (κ1) is 13.8. The van der Waals surface area contributed by atoms with Gasteiger partial charge in [0.1, 0.15) is 0 Å². The molecule has 1 fully saturated rings. The Labute approximate surface area is 99.7 Å². The molecule has 1 rings (SSSR count). The van der Waals surface area contributed by atoms with Crippen molar-refractivity contribution in [3.05, 3.63) is 0 Å². The summed E-state index contributed by atoms with van der Waals surface area (Å²) < 4.78 is 15.0. The number of unbranched alkanes of at least 4 members (excludes halogenated alkanes) is 2. The molecule has 0 aromatic carbocycles. The van der Waals surface area contributed by atoms with E-state index in [1.807, 2.05) is 0 Å². The van der Waals surface area contributed by atoms with Crippen molar-refractivity contribution in [2.75, 3.05) is 0 Å². The predicted octanol–water partition coefficient (Wildman–Crippen LogP) is 3.85. The van der Waals surface area contributed by atoms with Crippen LogP contribution in [-0.2, 0) is 6.15 Å². The molecule has 1 aliphatic rings. The molecule has 0 bridgehead atoms. The molecule has 0 unspecified atom stereocenters.